The molecule has 0 saturated carbocycles. The number of ether oxygens (including phenoxy) is 1. The minimum atomic E-state index is -0.394. The van der Waals surface area contributed by atoms with Gasteiger partial charge in [-0.05, 0) is 91.5 Å². The van der Waals surface area contributed by atoms with Gasteiger partial charge in [-0.1, -0.05) is 147 Å². The van der Waals surface area contributed by atoms with Crippen molar-refractivity contribution < 1.29 is 4.74 Å². The molecule has 6 nitrogen and oxygen atoms in total. The van der Waals surface area contributed by atoms with E-state index in [1.54, 1.807) is 0 Å². The number of aromatic nitrogens is 2. The summed E-state index contributed by atoms with van der Waals surface area (Å²) in [6, 6.07) is 37.5. The minimum absolute atomic E-state index is 0.0263. The van der Waals surface area contributed by atoms with E-state index in [4.69, 9.17) is 14.7 Å². The second-order valence-electron chi connectivity index (χ2n) is 18.5. The molecule has 6 aromatic rings. The Kier molecular flexibility index (Phi) is 9.51. The summed E-state index contributed by atoms with van der Waals surface area (Å²) in [5.74, 6) is 3.04. The summed E-state index contributed by atoms with van der Waals surface area (Å²) in [4.78, 5) is 10.9. The van der Waals surface area contributed by atoms with Crippen molar-refractivity contribution in [3.8, 4) is 5.75 Å². The summed E-state index contributed by atoms with van der Waals surface area (Å²) in [6.45, 7) is 2.37. The lowest BCUT2D eigenvalue weighted by Gasteiger charge is -2.39. The average Bonchev–Trinajstić information content (AvgIpc) is 3.89. The number of aliphatic imine (C=N–C) groups is 1. The molecule has 0 amide bonds. The highest BCUT2D eigenvalue weighted by Crippen LogP contribution is 2.53. The molecule has 0 saturated heterocycles. The van der Waals surface area contributed by atoms with Crippen LogP contribution in [0.1, 0.15) is 109 Å². The molecule has 8 atom stereocenters. The van der Waals surface area contributed by atoms with Crippen LogP contribution < -0.4 is 15.4 Å². The molecule has 12 rings (SSSR count). The van der Waals surface area contributed by atoms with Crippen molar-refractivity contribution in [2.75, 3.05) is 0 Å². The molecule has 312 valence electrons. The number of hydrogen-bond acceptors (Lipinski definition) is 5. The number of benzene rings is 4. The monoisotopic (exact) mass is 823 g/mol. The minimum Gasteiger partial charge on any atom is -0.489 e. The lowest BCUT2D eigenvalue weighted by atomic mass is 9.70. The molecule has 0 fully saturated rings. The molecule has 2 aliphatic heterocycles. The Morgan fingerprint density at radius 1 is 0.762 bits per heavy atom. The number of allylic oxidation sites excluding steroid dienone is 10. The maximum absolute atomic E-state index is 7.08. The van der Waals surface area contributed by atoms with Gasteiger partial charge >= 0.3 is 0 Å². The van der Waals surface area contributed by atoms with E-state index in [1.807, 2.05) is 0 Å². The molecule has 4 aromatic carbocycles. The van der Waals surface area contributed by atoms with Crippen LogP contribution in [0.5, 0.6) is 5.75 Å². The van der Waals surface area contributed by atoms with E-state index in [0.717, 1.165) is 61.4 Å². The van der Waals surface area contributed by atoms with Gasteiger partial charge in [0.15, 0.2) is 0 Å². The number of fused-ring (bicyclic) bond motifs is 7. The number of pyridine rings is 1. The number of nitrogens with zero attached hydrogens (tertiary/aromatic N) is 3. The summed E-state index contributed by atoms with van der Waals surface area (Å²) in [5, 5.41) is 10.5. The molecule has 0 bridgehead atoms. The van der Waals surface area contributed by atoms with E-state index in [2.05, 4.69) is 198 Å². The number of para-hydroxylation sites is 1. The highest BCUT2D eigenvalue weighted by atomic mass is 16.5. The standard InChI is InChI=1S/C57H53N5O/c1-57(32-31-45-50(35-57)63-49-30-29-48-51(52(45)49)44-27-14-15-28-47(44)62(48)43-25-12-5-13-26-43)53-46(34-42(36-58-53)41-24-16-23-40(33-41)37-17-6-2-7-18-37)56-60-54(38-19-8-3-9-20-38)59-55(61-56)39-21-10-4-11-22-39/h2-4,6-12,14-21,23,25-32,34,36,39-41,45,50,54,56,60H,5,13,22,24,33,35H2,1H3,(H,59,61). The third-order valence-corrected chi connectivity index (χ3v) is 14.5. The van der Waals surface area contributed by atoms with Crippen LogP contribution in [-0.2, 0) is 5.41 Å². The maximum atomic E-state index is 7.08. The molecule has 0 spiro atoms. The predicted octanol–water partition coefficient (Wildman–Crippen LogP) is 12.8. The fourth-order valence-electron chi connectivity index (χ4n) is 11.4. The molecule has 63 heavy (non-hydrogen) atoms. The van der Waals surface area contributed by atoms with Gasteiger partial charge < -0.3 is 14.6 Å². The molecule has 8 unspecified atom stereocenters. The normalized spacial score (nSPS) is 28.3. The van der Waals surface area contributed by atoms with Gasteiger partial charge in [-0.2, -0.15) is 0 Å². The van der Waals surface area contributed by atoms with E-state index in [0.29, 0.717) is 11.8 Å². The van der Waals surface area contributed by atoms with E-state index >= 15 is 0 Å². The highest BCUT2D eigenvalue weighted by Gasteiger charge is 2.45. The van der Waals surface area contributed by atoms with Crippen molar-refractivity contribution >= 4 is 33.3 Å². The average molecular weight is 824 g/mol. The first-order chi connectivity index (χ1) is 31.1. The highest BCUT2D eigenvalue weighted by molar-refractivity contribution is 6.13. The Morgan fingerprint density at radius 3 is 2.43 bits per heavy atom. The fourth-order valence-corrected chi connectivity index (χ4v) is 11.4. The molecule has 4 aliphatic carbocycles. The van der Waals surface area contributed by atoms with Gasteiger partial charge in [0.1, 0.15) is 30.0 Å². The summed E-state index contributed by atoms with van der Waals surface area (Å²) in [5.41, 5.74) is 10.7. The zero-order valence-corrected chi connectivity index (χ0v) is 35.8. The van der Waals surface area contributed by atoms with Crippen molar-refractivity contribution in [2.45, 2.75) is 87.1 Å². The number of amidine groups is 1. The zero-order valence-electron chi connectivity index (χ0n) is 35.8. The van der Waals surface area contributed by atoms with E-state index < -0.39 is 5.41 Å². The maximum Gasteiger partial charge on any atom is 0.129 e. The molecular weight excluding hydrogens is 771 g/mol. The Morgan fingerprint density at radius 2 is 1.60 bits per heavy atom. The smallest absolute Gasteiger partial charge is 0.129 e. The molecule has 2 aromatic heterocycles. The quantitative estimate of drug-likeness (QED) is 0.157. The van der Waals surface area contributed by atoms with Crippen molar-refractivity contribution in [2.24, 2.45) is 10.9 Å². The van der Waals surface area contributed by atoms with Crippen molar-refractivity contribution in [3.63, 3.8) is 0 Å². The van der Waals surface area contributed by atoms with Gasteiger partial charge in [-0.25, -0.2) is 4.99 Å². The lowest BCUT2D eigenvalue weighted by Crippen LogP contribution is -2.48. The Balaban J connectivity index is 0.953. The van der Waals surface area contributed by atoms with Crippen molar-refractivity contribution in [3.05, 3.63) is 210 Å². The van der Waals surface area contributed by atoms with E-state index in [1.165, 1.54) is 49.8 Å². The topological polar surface area (TPSA) is 63.5 Å². The first kappa shape index (κ1) is 38.2. The molecule has 0 radical (unpaired) electrons. The van der Waals surface area contributed by atoms with Crippen LogP contribution >= 0.6 is 0 Å². The van der Waals surface area contributed by atoms with Gasteiger partial charge in [-0.3, -0.25) is 10.3 Å². The van der Waals surface area contributed by atoms with Gasteiger partial charge in [-0.15, -0.1) is 0 Å². The molecule has 6 aliphatic rings. The zero-order chi connectivity index (χ0) is 41.9. The van der Waals surface area contributed by atoms with Crippen LogP contribution in [0.15, 0.2) is 181 Å². The number of hydrogen-bond donors (Lipinski definition) is 2. The Labute approximate surface area is 370 Å². The van der Waals surface area contributed by atoms with Crippen molar-refractivity contribution in [1.29, 1.82) is 0 Å². The van der Waals surface area contributed by atoms with Gasteiger partial charge in [0.05, 0.1) is 16.7 Å². The summed E-state index contributed by atoms with van der Waals surface area (Å²) in [6.07, 6.45) is 33.1. The third kappa shape index (κ3) is 6.74. The number of nitrogens with one attached hydrogen (secondary N) is 2. The van der Waals surface area contributed by atoms with Crippen LogP contribution in [0, 0.1) is 5.92 Å². The SMILES string of the molecule is CC1(c2ncc(C3CC=CC(c4ccccc4)C3)cc2C2NC(C3C=CC=CC3)=NC(c3ccccc3)N2)C=CC2c3c(ccc4c3c3ccccc3n4C3=CCCC=C3)OC2C1. The lowest BCUT2D eigenvalue weighted by molar-refractivity contribution is 0.174. The molecule has 6 heteroatoms. The second kappa shape index (κ2) is 15.7. The van der Waals surface area contributed by atoms with Crippen LogP contribution in [-0.4, -0.2) is 21.5 Å². The van der Waals surface area contributed by atoms with Crippen LogP contribution in [0.4, 0.5) is 0 Å². The molecular formula is C57H53N5O. The summed E-state index contributed by atoms with van der Waals surface area (Å²) < 4.78 is 9.53. The summed E-state index contributed by atoms with van der Waals surface area (Å²) >= 11 is 0. The predicted molar refractivity (Wildman–Crippen MR) is 257 cm³/mol. The van der Waals surface area contributed by atoms with E-state index in [-0.39, 0.29) is 30.3 Å². The summed E-state index contributed by atoms with van der Waals surface area (Å²) in [7, 11) is 0. The van der Waals surface area contributed by atoms with Crippen molar-refractivity contribution in [1.82, 2.24) is 20.2 Å². The first-order valence-electron chi connectivity index (χ1n) is 23.1. The second-order valence-corrected chi connectivity index (χ2v) is 18.5. The van der Waals surface area contributed by atoms with Gasteiger partial charge in [0, 0.05) is 57.0 Å². The van der Waals surface area contributed by atoms with Crippen LogP contribution in [0.3, 0.4) is 0 Å². The molecule has 2 N–H and O–H groups in total. The van der Waals surface area contributed by atoms with Gasteiger partial charge in [0.2, 0.25) is 0 Å². The Bertz CT molecular complexity index is 2950. The van der Waals surface area contributed by atoms with E-state index in [9.17, 15) is 0 Å². The number of rotatable bonds is 7. The fraction of sp³-hybridized carbons (Fsp3) is 0.263. The Hall–Kier alpha value is -6.50. The first-order valence-corrected chi connectivity index (χ1v) is 23.1. The van der Waals surface area contributed by atoms with Crippen LogP contribution in [0.25, 0.3) is 27.5 Å². The van der Waals surface area contributed by atoms with Crippen LogP contribution in [0.2, 0.25) is 0 Å². The largest absolute Gasteiger partial charge is 0.489 e. The molecule has 4 heterocycles. The third-order valence-electron chi connectivity index (χ3n) is 14.5. The van der Waals surface area contributed by atoms with Gasteiger partial charge in [0.25, 0.3) is 0 Å².